The predicted octanol–water partition coefficient (Wildman–Crippen LogP) is 6.08. The van der Waals surface area contributed by atoms with Gasteiger partial charge in [0.15, 0.2) is 0 Å². The summed E-state index contributed by atoms with van der Waals surface area (Å²) in [5, 5.41) is 3.65. The number of hydrogen-bond donors (Lipinski definition) is 1. The van der Waals surface area contributed by atoms with Crippen LogP contribution in [-0.4, -0.2) is 14.9 Å². The monoisotopic (exact) mass is 353 g/mol. The van der Waals surface area contributed by atoms with Gasteiger partial charge in [0.1, 0.15) is 23.0 Å². The fraction of sp³-hybridized carbons (Fsp3) is 0.409. The minimum atomic E-state index is -0.260. The number of pyridine rings is 1. The van der Waals surface area contributed by atoms with E-state index in [0.29, 0.717) is 11.3 Å². The number of benzene rings is 1. The van der Waals surface area contributed by atoms with E-state index in [0.717, 1.165) is 23.4 Å². The molecule has 26 heavy (non-hydrogen) atoms. The quantitative estimate of drug-likeness (QED) is 0.616. The molecule has 3 nitrogen and oxygen atoms in total. The Morgan fingerprint density at radius 3 is 2.42 bits per heavy atom. The third-order valence-corrected chi connectivity index (χ3v) is 4.34. The third kappa shape index (κ3) is 3.90. The standard InChI is InChI=1S/C22H28FN3/c1-15-11-12-26-18(13-15)24-19(16-9-7-8-10-17(16)23)20(26)25-22(5,6)14-21(2,3)4/h7-13,25H,14H2,1-6H3. The molecule has 0 atom stereocenters. The van der Waals surface area contributed by atoms with E-state index in [1.165, 1.54) is 6.07 Å². The van der Waals surface area contributed by atoms with Gasteiger partial charge < -0.3 is 5.32 Å². The lowest BCUT2D eigenvalue weighted by Crippen LogP contribution is -2.36. The Morgan fingerprint density at radius 1 is 1.08 bits per heavy atom. The molecule has 0 aliphatic rings. The van der Waals surface area contributed by atoms with Gasteiger partial charge in [-0.3, -0.25) is 4.40 Å². The molecule has 4 heteroatoms. The maximum absolute atomic E-state index is 14.5. The van der Waals surface area contributed by atoms with Gasteiger partial charge in [0.25, 0.3) is 0 Å². The first kappa shape index (κ1) is 18.4. The summed E-state index contributed by atoms with van der Waals surface area (Å²) in [4.78, 5) is 4.75. The average molecular weight is 353 g/mol. The second-order valence-corrected chi connectivity index (χ2v) is 8.97. The molecule has 0 aliphatic carbocycles. The number of rotatable bonds is 4. The second-order valence-electron chi connectivity index (χ2n) is 8.97. The highest BCUT2D eigenvalue weighted by Crippen LogP contribution is 2.35. The molecule has 0 fully saturated rings. The van der Waals surface area contributed by atoms with Crippen molar-refractivity contribution in [2.24, 2.45) is 5.41 Å². The van der Waals surface area contributed by atoms with Gasteiger partial charge in [-0.25, -0.2) is 9.37 Å². The molecule has 0 amide bonds. The van der Waals surface area contributed by atoms with Crippen LogP contribution in [0.5, 0.6) is 0 Å². The van der Waals surface area contributed by atoms with Gasteiger partial charge in [-0.05, 0) is 62.4 Å². The van der Waals surface area contributed by atoms with E-state index in [9.17, 15) is 4.39 Å². The minimum absolute atomic E-state index is 0.168. The molecule has 2 aromatic heterocycles. The van der Waals surface area contributed by atoms with Crippen molar-refractivity contribution in [2.75, 3.05) is 5.32 Å². The fourth-order valence-corrected chi connectivity index (χ4v) is 3.80. The van der Waals surface area contributed by atoms with Gasteiger partial charge in [-0.1, -0.05) is 32.9 Å². The number of aromatic nitrogens is 2. The van der Waals surface area contributed by atoms with E-state index in [4.69, 9.17) is 4.98 Å². The Bertz CT molecular complexity index is 932. The predicted molar refractivity (Wildman–Crippen MR) is 107 cm³/mol. The molecule has 0 unspecified atom stereocenters. The van der Waals surface area contributed by atoms with Crippen molar-refractivity contribution in [3.05, 3.63) is 54.0 Å². The number of aryl methyl sites for hydroxylation is 1. The van der Waals surface area contributed by atoms with Gasteiger partial charge in [0.05, 0.1) is 0 Å². The van der Waals surface area contributed by atoms with Crippen LogP contribution < -0.4 is 5.32 Å². The molecule has 1 aromatic carbocycles. The van der Waals surface area contributed by atoms with Crippen molar-refractivity contribution in [3.8, 4) is 11.3 Å². The molecule has 0 aliphatic heterocycles. The molecule has 3 aromatic rings. The minimum Gasteiger partial charge on any atom is -0.364 e. The zero-order valence-corrected chi connectivity index (χ0v) is 16.5. The maximum Gasteiger partial charge on any atom is 0.139 e. The molecule has 0 radical (unpaired) electrons. The number of nitrogens with one attached hydrogen (secondary N) is 1. The van der Waals surface area contributed by atoms with Gasteiger partial charge in [0.2, 0.25) is 0 Å². The molecule has 138 valence electrons. The van der Waals surface area contributed by atoms with Crippen LogP contribution in [0.2, 0.25) is 0 Å². The van der Waals surface area contributed by atoms with Crippen LogP contribution in [0.15, 0.2) is 42.6 Å². The lowest BCUT2D eigenvalue weighted by molar-refractivity contribution is 0.302. The molecule has 0 saturated carbocycles. The smallest absolute Gasteiger partial charge is 0.139 e. The fourth-order valence-electron chi connectivity index (χ4n) is 3.80. The summed E-state index contributed by atoms with van der Waals surface area (Å²) in [6, 6.07) is 10.9. The van der Waals surface area contributed by atoms with Crippen LogP contribution >= 0.6 is 0 Å². The number of anilines is 1. The van der Waals surface area contributed by atoms with Crippen molar-refractivity contribution in [1.82, 2.24) is 9.38 Å². The topological polar surface area (TPSA) is 29.3 Å². The maximum atomic E-state index is 14.5. The number of nitrogens with zero attached hydrogens (tertiary/aromatic N) is 2. The van der Waals surface area contributed by atoms with Crippen molar-refractivity contribution in [3.63, 3.8) is 0 Å². The van der Waals surface area contributed by atoms with E-state index in [1.807, 2.05) is 35.7 Å². The normalized spacial score (nSPS) is 12.6. The Balaban J connectivity index is 2.16. The van der Waals surface area contributed by atoms with E-state index in [1.54, 1.807) is 12.1 Å². The molecule has 3 rings (SSSR count). The molecule has 1 N–H and O–H groups in total. The molecule has 0 saturated heterocycles. The summed E-state index contributed by atoms with van der Waals surface area (Å²) in [6.45, 7) is 13.1. The Labute approximate surface area is 155 Å². The summed E-state index contributed by atoms with van der Waals surface area (Å²) in [5.41, 5.74) is 3.11. The zero-order valence-electron chi connectivity index (χ0n) is 16.5. The Morgan fingerprint density at radius 2 is 1.77 bits per heavy atom. The van der Waals surface area contributed by atoms with Gasteiger partial charge in [-0.2, -0.15) is 0 Å². The van der Waals surface area contributed by atoms with Gasteiger partial charge in [0, 0.05) is 17.3 Å². The van der Waals surface area contributed by atoms with Crippen molar-refractivity contribution < 1.29 is 4.39 Å². The highest BCUT2D eigenvalue weighted by molar-refractivity contribution is 5.77. The van der Waals surface area contributed by atoms with Crippen molar-refractivity contribution in [2.45, 2.75) is 53.5 Å². The number of fused-ring (bicyclic) bond motifs is 1. The lowest BCUT2D eigenvalue weighted by atomic mass is 9.82. The van der Waals surface area contributed by atoms with E-state index in [2.05, 4.69) is 39.9 Å². The summed E-state index contributed by atoms with van der Waals surface area (Å²) in [7, 11) is 0. The van der Waals surface area contributed by atoms with Crippen LogP contribution in [0.1, 0.15) is 46.6 Å². The molecule has 0 bridgehead atoms. The van der Waals surface area contributed by atoms with E-state index in [-0.39, 0.29) is 16.8 Å². The Hall–Kier alpha value is -2.36. The average Bonchev–Trinajstić information content (AvgIpc) is 2.82. The van der Waals surface area contributed by atoms with E-state index >= 15 is 0 Å². The largest absolute Gasteiger partial charge is 0.364 e. The highest BCUT2D eigenvalue weighted by atomic mass is 19.1. The first-order chi connectivity index (χ1) is 12.1. The summed E-state index contributed by atoms with van der Waals surface area (Å²) < 4.78 is 16.5. The first-order valence-corrected chi connectivity index (χ1v) is 9.08. The summed E-state index contributed by atoms with van der Waals surface area (Å²) in [6.07, 6.45) is 2.97. The van der Waals surface area contributed by atoms with Crippen LogP contribution in [0.25, 0.3) is 16.9 Å². The SMILES string of the molecule is Cc1ccn2c(NC(C)(C)CC(C)(C)C)c(-c3ccccc3F)nc2c1. The van der Waals surface area contributed by atoms with Gasteiger partial charge >= 0.3 is 0 Å². The highest BCUT2D eigenvalue weighted by Gasteiger charge is 2.28. The summed E-state index contributed by atoms with van der Waals surface area (Å²) >= 11 is 0. The number of halogens is 1. The molecule has 0 spiro atoms. The molecular weight excluding hydrogens is 325 g/mol. The lowest BCUT2D eigenvalue weighted by Gasteiger charge is -2.34. The summed E-state index contributed by atoms with van der Waals surface area (Å²) in [5.74, 6) is 0.573. The third-order valence-electron chi connectivity index (χ3n) is 4.34. The van der Waals surface area contributed by atoms with Crippen molar-refractivity contribution >= 4 is 11.5 Å². The van der Waals surface area contributed by atoms with Crippen LogP contribution in [0.3, 0.4) is 0 Å². The van der Waals surface area contributed by atoms with Crippen LogP contribution in [0.4, 0.5) is 10.2 Å². The second kappa shape index (κ2) is 6.42. The van der Waals surface area contributed by atoms with Gasteiger partial charge in [-0.15, -0.1) is 0 Å². The molecular formula is C22H28FN3. The van der Waals surface area contributed by atoms with Crippen LogP contribution in [-0.2, 0) is 0 Å². The zero-order chi connectivity index (χ0) is 19.1. The number of imidazole rings is 1. The van der Waals surface area contributed by atoms with E-state index < -0.39 is 0 Å². The van der Waals surface area contributed by atoms with Crippen molar-refractivity contribution in [1.29, 1.82) is 0 Å². The Kier molecular flexibility index (Phi) is 4.55. The van der Waals surface area contributed by atoms with Crippen LogP contribution in [0, 0.1) is 18.2 Å². The molecule has 2 heterocycles. The number of hydrogen-bond acceptors (Lipinski definition) is 2. The first-order valence-electron chi connectivity index (χ1n) is 9.08.